The first kappa shape index (κ1) is 12.3. The predicted molar refractivity (Wildman–Crippen MR) is 66.7 cm³/mol. The normalized spacial score (nSPS) is 26.6. The van der Waals surface area contributed by atoms with Gasteiger partial charge in [-0.15, -0.1) is 0 Å². The van der Waals surface area contributed by atoms with Gasteiger partial charge in [-0.05, 0) is 24.7 Å². The van der Waals surface area contributed by atoms with Crippen LogP contribution in [-0.2, 0) is 4.74 Å². The Morgan fingerprint density at radius 3 is 2.56 bits per heavy atom. The average Bonchev–Trinajstić information content (AvgIpc) is 3.12. The number of morpholine rings is 1. The van der Waals surface area contributed by atoms with Crippen LogP contribution in [0, 0.1) is 5.41 Å². The van der Waals surface area contributed by atoms with E-state index in [1.807, 2.05) is 0 Å². The molecule has 2 rings (SSSR count). The van der Waals surface area contributed by atoms with Gasteiger partial charge in [0.05, 0.1) is 13.2 Å². The average molecular weight is 226 g/mol. The molecule has 2 fully saturated rings. The lowest BCUT2D eigenvalue weighted by Crippen LogP contribution is -2.46. The van der Waals surface area contributed by atoms with Gasteiger partial charge in [-0.3, -0.25) is 4.90 Å². The summed E-state index contributed by atoms with van der Waals surface area (Å²) in [6.45, 7) is 11.2. The third-order valence-corrected chi connectivity index (χ3v) is 3.96. The molecule has 0 aromatic rings. The van der Waals surface area contributed by atoms with E-state index in [0.29, 0.717) is 5.41 Å². The van der Waals surface area contributed by atoms with Crippen LogP contribution in [0.1, 0.15) is 33.1 Å². The molecule has 0 amide bonds. The Bertz CT molecular complexity index is 212. The van der Waals surface area contributed by atoms with Crippen LogP contribution in [0.15, 0.2) is 0 Å². The van der Waals surface area contributed by atoms with E-state index in [9.17, 15) is 0 Å². The highest BCUT2D eigenvalue weighted by Crippen LogP contribution is 2.25. The molecule has 0 aromatic heterocycles. The Morgan fingerprint density at radius 2 is 2.00 bits per heavy atom. The molecule has 16 heavy (non-hydrogen) atoms. The molecule has 2 aliphatic rings. The number of hydrogen-bond donors (Lipinski definition) is 1. The summed E-state index contributed by atoms with van der Waals surface area (Å²) in [5.41, 5.74) is 0.430. The minimum atomic E-state index is 0.430. The molecular weight excluding hydrogens is 200 g/mol. The van der Waals surface area contributed by atoms with Gasteiger partial charge in [0.1, 0.15) is 0 Å². The van der Waals surface area contributed by atoms with Gasteiger partial charge in [0, 0.05) is 32.2 Å². The van der Waals surface area contributed by atoms with Gasteiger partial charge in [-0.25, -0.2) is 0 Å². The van der Waals surface area contributed by atoms with Crippen molar-refractivity contribution in [3.05, 3.63) is 0 Å². The Hall–Kier alpha value is -0.120. The van der Waals surface area contributed by atoms with Crippen molar-refractivity contribution >= 4 is 0 Å². The molecular formula is C13H26N2O. The quantitative estimate of drug-likeness (QED) is 0.742. The summed E-state index contributed by atoms with van der Waals surface area (Å²) in [6, 6.07) is 0.829. The van der Waals surface area contributed by atoms with E-state index in [1.165, 1.54) is 32.4 Å². The molecule has 0 spiro atoms. The summed E-state index contributed by atoms with van der Waals surface area (Å²) < 4.78 is 5.40. The summed E-state index contributed by atoms with van der Waals surface area (Å²) >= 11 is 0. The zero-order valence-corrected chi connectivity index (χ0v) is 10.8. The van der Waals surface area contributed by atoms with Crippen LogP contribution in [-0.4, -0.2) is 50.3 Å². The second kappa shape index (κ2) is 5.48. The first-order valence-electron chi connectivity index (χ1n) is 6.75. The highest BCUT2D eigenvalue weighted by molar-refractivity contribution is 4.87. The van der Waals surface area contributed by atoms with E-state index in [-0.39, 0.29) is 0 Å². The standard InChI is InChI=1S/C13H26N2O/c1-3-13(2,10-14-12-4-5-12)11-15-6-8-16-9-7-15/h12,14H,3-11H2,1-2H3. The Morgan fingerprint density at radius 1 is 1.31 bits per heavy atom. The third kappa shape index (κ3) is 3.72. The fraction of sp³-hybridized carbons (Fsp3) is 1.00. The fourth-order valence-electron chi connectivity index (χ4n) is 2.27. The Labute approximate surface area is 99.5 Å². The Kier molecular flexibility index (Phi) is 4.22. The van der Waals surface area contributed by atoms with Crippen molar-refractivity contribution in [2.45, 2.75) is 39.2 Å². The van der Waals surface area contributed by atoms with Crippen molar-refractivity contribution in [1.82, 2.24) is 10.2 Å². The zero-order valence-electron chi connectivity index (χ0n) is 10.8. The highest BCUT2D eigenvalue weighted by atomic mass is 16.5. The summed E-state index contributed by atoms with van der Waals surface area (Å²) in [5.74, 6) is 0. The molecule has 1 aliphatic heterocycles. The lowest BCUT2D eigenvalue weighted by atomic mass is 9.86. The summed E-state index contributed by atoms with van der Waals surface area (Å²) in [6.07, 6.45) is 4.03. The number of hydrogen-bond acceptors (Lipinski definition) is 3. The molecule has 1 N–H and O–H groups in total. The summed E-state index contributed by atoms with van der Waals surface area (Å²) in [4.78, 5) is 2.56. The van der Waals surface area contributed by atoms with Gasteiger partial charge in [0.25, 0.3) is 0 Å². The molecule has 3 nitrogen and oxygen atoms in total. The number of rotatable bonds is 6. The van der Waals surface area contributed by atoms with Crippen LogP contribution in [0.5, 0.6) is 0 Å². The van der Waals surface area contributed by atoms with Gasteiger partial charge < -0.3 is 10.1 Å². The van der Waals surface area contributed by atoms with Gasteiger partial charge >= 0.3 is 0 Å². The molecule has 1 saturated heterocycles. The van der Waals surface area contributed by atoms with Crippen LogP contribution < -0.4 is 5.32 Å². The lowest BCUT2D eigenvalue weighted by molar-refractivity contribution is 0.0178. The van der Waals surface area contributed by atoms with E-state index < -0.39 is 0 Å². The molecule has 1 saturated carbocycles. The van der Waals surface area contributed by atoms with Crippen molar-refractivity contribution in [2.24, 2.45) is 5.41 Å². The van der Waals surface area contributed by atoms with Crippen molar-refractivity contribution in [1.29, 1.82) is 0 Å². The molecule has 0 aromatic carbocycles. The SMILES string of the molecule is CCC(C)(CNC1CC1)CN1CCOCC1. The van der Waals surface area contributed by atoms with E-state index in [2.05, 4.69) is 24.1 Å². The smallest absolute Gasteiger partial charge is 0.0594 e. The molecule has 94 valence electrons. The van der Waals surface area contributed by atoms with Crippen LogP contribution in [0.25, 0.3) is 0 Å². The molecule has 0 bridgehead atoms. The van der Waals surface area contributed by atoms with E-state index in [0.717, 1.165) is 32.3 Å². The summed E-state index contributed by atoms with van der Waals surface area (Å²) in [7, 11) is 0. The molecule has 0 radical (unpaired) electrons. The van der Waals surface area contributed by atoms with Gasteiger partial charge in [-0.2, -0.15) is 0 Å². The van der Waals surface area contributed by atoms with Gasteiger partial charge in [0.2, 0.25) is 0 Å². The third-order valence-electron chi connectivity index (χ3n) is 3.96. The van der Waals surface area contributed by atoms with E-state index in [1.54, 1.807) is 0 Å². The van der Waals surface area contributed by atoms with Crippen LogP contribution in [0.2, 0.25) is 0 Å². The van der Waals surface area contributed by atoms with Crippen LogP contribution in [0.4, 0.5) is 0 Å². The van der Waals surface area contributed by atoms with Crippen molar-refractivity contribution < 1.29 is 4.74 Å². The van der Waals surface area contributed by atoms with Crippen molar-refractivity contribution in [3.8, 4) is 0 Å². The summed E-state index contributed by atoms with van der Waals surface area (Å²) in [5, 5.41) is 3.68. The number of nitrogens with zero attached hydrogens (tertiary/aromatic N) is 1. The number of nitrogens with one attached hydrogen (secondary N) is 1. The van der Waals surface area contributed by atoms with Gasteiger partial charge in [-0.1, -0.05) is 13.8 Å². The first-order chi connectivity index (χ1) is 7.72. The molecule has 1 unspecified atom stereocenters. The zero-order chi connectivity index (χ0) is 11.4. The minimum absolute atomic E-state index is 0.430. The lowest BCUT2D eigenvalue weighted by Gasteiger charge is -2.37. The van der Waals surface area contributed by atoms with Crippen molar-refractivity contribution in [2.75, 3.05) is 39.4 Å². The maximum absolute atomic E-state index is 5.40. The molecule has 1 aliphatic carbocycles. The second-order valence-corrected chi connectivity index (χ2v) is 5.71. The predicted octanol–water partition coefficient (Wildman–Crippen LogP) is 1.49. The highest BCUT2D eigenvalue weighted by Gasteiger charge is 2.29. The first-order valence-corrected chi connectivity index (χ1v) is 6.75. The minimum Gasteiger partial charge on any atom is -0.379 e. The second-order valence-electron chi connectivity index (χ2n) is 5.71. The van der Waals surface area contributed by atoms with Crippen molar-refractivity contribution in [3.63, 3.8) is 0 Å². The number of ether oxygens (including phenoxy) is 1. The maximum atomic E-state index is 5.40. The molecule has 1 atom stereocenters. The topological polar surface area (TPSA) is 24.5 Å². The van der Waals surface area contributed by atoms with E-state index in [4.69, 9.17) is 4.74 Å². The van der Waals surface area contributed by atoms with Crippen LogP contribution >= 0.6 is 0 Å². The largest absolute Gasteiger partial charge is 0.379 e. The van der Waals surface area contributed by atoms with Crippen LogP contribution in [0.3, 0.4) is 0 Å². The Balaban J connectivity index is 1.76. The fourth-order valence-corrected chi connectivity index (χ4v) is 2.27. The van der Waals surface area contributed by atoms with E-state index >= 15 is 0 Å². The monoisotopic (exact) mass is 226 g/mol. The van der Waals surface area contributed by atoms with Gasteiger partial charge in [0.15, 0.2) is 0 Å². The molecule has 1 heterocycles. The molecule has 3 heteroatoms. The maximum Gasteiger partial charge on any atom is 0.0594 e.